The summed E-state index contributed by atoms with van der Waals surface area (Å²) in [6.07, 6.45) is 0. The Kier molecular flexibility index (Phi) is 5.86. The van der Waals surface area contributed by atoms with E-state index in [2.05, 4.69) is 5.32 Å². The van der Waals surface area contributed by atoms with Crippen LogP contribution in [0.1, 0.15) is 21.5 Å². The van der Waals surface area contributed by atoms with Gasteiger partial charge in [0.15, 0.2) is 0 Å². The van der Waals surface area contributed by atoms with Crippen LogP contribution in [0.2, 0.25) is 10.0 Å². The lowest BCUT2D eigenvalue weighted by Crippen LogP contribution is -2.35. The van der Waals surface area contributed by atoms with Gasteiger partial charge >= 0.3 is 0 Å². The Bertz CT molecular complexity index is 770. The van der Waals surface area contributed by atoms with Gasteiger partial charge in [-0.15, -0.1) is 0 Å². The highest BCUT2D eigenvalue weighted by Gasteiger charge is 2.18. The highest BCUT2D eigenvalue weighted by atomic mass is 35.5. The minimum absolute atomic E-state index is 0.0878. The number of carbonyl (C=O) groups excluding carboxylic acids is 2. The van der Waals surface area contributed by atoms with Crippen molar-refractivity contribution in [1.82, 2.24) is 4.90 Å². The number of halogens is 2. The van der Waals surface area contributed by atoms with E-state index < -0.39 is 0 Å². The largest absolute Gasteiger partial charge is 0.332 e. The zero-order chi connectivity index (χ0) is 17.9. The Morgan fingerprint density at radius 2 is 1.71 bits per heavy atom. The van der Waals surface area contributed by atoms with E-state index in [0.717, 1.165) is 16.8 Å². The van der Waals surface area contributed by atoms with E-state index in [1.807, 2.05) is 32.0 Å². The molecule has 1 N–H and O–H groups in total. The summed E-state index contributed by atoms with van der Waals surface area (Å²) in [6, 6.07) is 10.4. The summed E-state index contributed by atoms with van der Waals surface area (Å²) in [4.78, 5) is 26.0. The maximum Gasteiger partial charge on any atom is 0.255 e. The van der Waals surface area contributed by atoms with Crippen LogP contribution >= 0.6 is 23.2 Å². The first-order valence-corrected chi connectivity index (χ1v) is 8.11. The quantitative estimate of drug-likeness (QED) is 0.877. The van der Waals surface area contributed by atoms with Gasteiger partial charge in [0.25, 0.3) is 5.91 Å². The van der Waals surface area contributed by atoms with Crippen LogP contribution in [0, 0.1) is 13.8 Å². The fraction of sp³-hybridized carbons (Fsp3) is 0.222. The number of aryl methyl sites for hydroxylation is 2. The van der Waals surface area contributed by atoms with Gasteiger partial charge in [-0.25, -0.2) is 0 Å². The van der Waals surface area contributed by atoms with Gasteiger partial charge < -0.3 is 10.2 Å². The van der Waals surface area contributed by atoms with Crippen molar-refractivity contribution in [3.8, 4) is 0 Å². The number of nitrogens with one attached hydrogen (secondary N) is 1. The molecule has 0 radical (unpaired) electrons. The molecule has 0 atom stereocenters. The Morgan fingerprint density at radius 1 is 1.08 bits per heavy atom. The van der Waals surface area contributed by atoms with Crippen LogP contribution in [0.4, 0.5) is 5.69 Å². The van der Waals surface area contributed by atoms with Crippen LogP contribution in [0.25, 0.3) is 0 Å². The molecule has 0 aliphatic rings. The molecule has 0 heterocycles. The smallest absolute Gasteiger partial charge is 0.255 e. The molecular formula is C18H18Cl2N2O2. The lowest BCUT2D eigenvalue weighted by Gasteiger charge is -2.19. The number of carbonyl (C=O) groups is 2. The van der Waals surface area contributed by atoms with Gasteiger partial charge in [-0.3, -0.25) is 9.59 Å². The van der Waals surface area contributed by atoms with E-state index >= 15 is 0 Å². The number of amides is 2. The fourth-order valence-corrected chi connectivity index (χ4v) is 2.72. The number of nitrogens with zero attached hydrogens (tertiary/aromatic N) is 1. The standard InChI is InChI=1S/C18H18Cl2N2O2/c1-11-5-4-6-12(2)17(11)21-16(23)10-22(3)18(24)14-9-13(19)7-8-15(14)20/h4-9H,10H2,1-3H3,(H,21,23). The van der Waals surface area contributed by atoms with Gasteiger partial charge in [-0.05, 0) is 43.2 Å². The van der Waals surface area contributed by atoms with E-state index in [1.165, 1.54) is 11.0 Å². The topological polar surface area (TPSA) is 49.4 Å². The maximum absolute atomic E-state index is 12.4. The average Bonchev–Trinajstić information content (AvgIpc) is 2.52. The zero-order valence-corrected chi connectivity index (χ0v) is 15.2. The normalized spacial score (nSPS) is 10.4. The summed E-state index contributed by atoms with van der Waals surface area (Å²) in [5, 5.41) is 3.56. The molecule has 0 fully saturated rings. The first-order valence-electron chi connectivity index (χ1n) is 7.36. The molecule has 0 bridgehead atoms. The van der Waals surface area contributed by atoms with E-state index in [4.69, 9.17) is 23.2 Å². The molecule has 0 aliphatic carbocycles. The van der Waals surface area contributed by atoms with Crippen molar-refractivity contribution >= 4 is 40.7 Å². The van der Waals surface area contributed by atoms with Crippen LogP contribution in [0.5, 0.6) is 0 Å². The predicted octanol–water partition coefficient (Wildman–Crippen LogP) is 4.32. The highest BCUT2D eigenvalue weighted by molar-refractivity contribution is 6.35. The van der Waals surface area contributed by atoms with Crippen LogP contribution in [-0.2, 0) is 4.79 Å². The average molecular weight is 365 g/mol. The summed E-state index contributed by atoms with van der Waals surface area (Å²) in [7, 11) is 1.55. The van der Waals surface area contributed by atoms with Gasteiger partial charge in [0.05, 0.1) is 17.1 Å². The highest BCUT2D eigenvalue weighted by Crippen LogP contribution is 2.22. The second-order valence-corrected chi connectivity index (χ2v) is 6.44. The molecule has 0 saturated heterocycles. The fourth-order valence-electron chi connectivity index (χ4n) is 2.34. The van der Waals surface area contributed by atoms with Crippen LogP contribution in [0.3, 0.4) is 0 Å². The first kappa shape index (κ1) is 18.3. The van der Waals surface area contributed by atoms with Crippen molar-refractivity contribution in [2.75, 3.05) is 18.9 Å². The molecule has 0 unspecified atom stereocenters. The number of rotatable bonds is 4. The number of para-hydroxylation sites is 1. The van der Waals surface area contributed by atoms with Gasteiger partial charge in [0.1, 0.15) is 0 Å². The Hall–Kier alpha value is -2.04. The SMILES string of the molecule is Cc1cccc(C)c1NC(=O)CN(C)C(=O)c1cc(Cl)ccc1Cl. The van der Waals surface area contributed by atoms with Gasteiger partial charge in [0.2, 0.25) is 5.91 Å². The molecule has 4 nitrogen and oxygen atoms in total. The second-order valence-electron chi connectivity index (χ2n) is 5.60. The van der Waals surface area contributed by atoms with E-state index in [1.54, 1.807) is 19.2 Å². The van der Waals surface area contributed by atoms with E-state index in [0.29, 0.717) is 10.0 Å². The third kappa shape index (κ3) is 4.28. The first-order chi connectivity index (χ1) is 11.3. The van der Waals surface area contributed by atoms with Crippen molar-refractivity contribution in [1.29, 1.82) is 0 Å². The van der Waals surface area contributed by atoms with E-state index in [9.17, 15) is 9.59 Å². The van der Waals surface area contributed by atoms with E-state index in [-0.39, 0.29) is 23.9 Å². The molecule has 24 heavy (non-hydrogen) atoms. The van der Waals surface area contributed by atoms with Crippen molar-refractivity contribution in [2.45, 2.75) is 13.8 Å². The molecule has 6 heteroatoms. The summed E-state index contributed by atoms with van der Waals surface area (Å²) in [5.41, 5.74) is 2.97. The summed E-state index contributed by atoms with van der Waals surface area (Å²) in [5.74, 6) is -0.638. The van der Waals surface area contributed by atoms with Gasteiger partial charge in [-0.1, -0.05) is 41.4 Å². The molecular weight excluding hydrogens is 347 g/mol. The van der Waals surface area contributed by atoms with Crippen LogP contribution in [-0.4, -0.2) is 30.3 Å². The zero-order valence-electron chi connectivity index (χ0n) is 13.7. The Morgan fingerprint density at radius 3 is 2.33 bits per heavy atom. The second kappa shape index (κ2) is 7.69. The summed E-state index contributed by atoms with van der Waals surface area (Å²) in [6.45, 7) is 3.75. The van der Waals surface area contributed by atoms with Gasteiger partial charge in [0, 0.05) is 17.8 Å². The molecule has 2 aromatic rings. The Balaban J connectivity index is 2.08. The number of anilines is 1. The van der Waals surface area contributed by atoms with Crippen LogP contribution in [0.15, 0.2) is 36.4 Å². The number of hydrogen-bond acceptors (Lipinski definition) is 2. The van der Waals surface area contributed by atoms with Crippen molar-refractivity contribution in [3.05, 3.63) is 63.1 Å². The Labute approximate surface area is 151 Å². The van der Waals surface area contributed by atoms with Gasteiger partial charge in [-0.2, -0.15) is 0 Å². The molecule has 2 rings (SSSR count). The van der Waals surface area contributed by atoms with Crippen LogP contribution < -0.4 is 5.32 Å². The predicted molar refractivity (Wildman–Crippen MR) is 98.0 cm³/mol. The lowest BCUT2D eigenvalue weighted by atomic mass is 10.1. The minimum Gasteiger partial charge on any atom is -0.332 e. The number of hydrogen-bond donors (Lipinski definition) is 1. The molecule has 126 valence electrons. The minimum atomic E-state index is -0.362. The number of benzene rings is 2. The molecule has 0 aliphatic heterocycles. The third-order valence-electron chi connectivity index (χ3n) is 3.63. The molecule has 0 saturated carbocycles. The van der Waals surface area contributed by atoms with Crippen molar-refractivity contribution < 1.29 is 9.59 Å². The third-order valence-corrected chi connectivity index (χ3v) is 4.20. The summed E-state index contributed by atoms with van der Waals surface area (Å²) < 4.78 is 0. The maximum atomic E-state index is 12.4. The monoisotopic (exact) mass is 364 g/mol. The molecule has 2 amide bonds. The molecule has 0 aromatic heterocycles. The number of likely N-dealkylation sites (N-methyl/N-ethyl adjacent to an activating group) is 1. The van der Waals surface area contributed by atoms with Crippen molar-refractivity contribution in [3.63, 3.8) is 0 Å². The molecule has 2 aromatic carbocycles. The van der Waals surface area contributed by atoms with Crippen molar-refractivity contribution in [2.24, 2.45) is 0 Å². The molecule has 0 spiro atoms. The summed E-state index contributed by atoms with van der Waals surface area (Å²) >= 11 is 11.9. The lowest BCUT2D eigenvalue weighted by molar-refractivity contribution is -0.116.